The van der Waals surface area contributed by atoms with Crippen molar-refractivity contribution in [3.8, 4) is 11.5 Å². The van der Waals surface area contributed by atoms with Crippen LogP contribution >= 0.6 is 11.3 Å². The number of aromatic nitrogens is 2. The molecule has 5 rings (SSSR count). The highest BCUT2D eigenvalue weighted by atomic mass is 32.1. The highest BCUT2D eigenvalue weighted by molar-refractivity contribution is 7.12. The summed E-state index contributed by atoms with van der Waals surface area (Å²) in [6.45, 7) is 0.516. The number of carboxylic acid groups (broad SMARTS) is 1. The van der Waals surface area contributed by atoms with Gasteiger partial charge in [0, 0.05) is 22.2 Å². The van der Waals surface area contributed by atoms with Crippen LogP contribution in [-0.2, 0) is 28.9 Å². The molecule has 3 aliphatic rings. The summed E-state index contributed by atoms with van der Waals surface area (Å²) in [5, 5.41) is 13.4. The molecular formula is C19H21N3O4S. The molecule has 7 nitrogen and oxygen atoms in total. The second kappa shape index (κ2) is 6.44. The zero-order valence-corrected chi connectivity index (χ0v) is 15.8. The molecule has 1 saturated carbocycles. The van der Waals surface area contributed by atoms with E-state index in [2.05, 4.69) is 10.1 Å². The van der Waals surface area contributed by atoms with Gasteiger partial charge in [-0.25, -0.2) is 4.79 Å². The van der Waals surface area contributed by atoms with Gasteiger partial charge in [-0.15, -0.1) is 11.3 Å². The number of fused-ring (bicyclic) bond motifs is 1. The number of aryl methyl sites for hydroxylation is 1. The molecule has 1 aliphatic heterocycles. The lowest BCUT2D eigenvalue weighted by atomic mass is 9.94. The molecule has 3 heterocycles. The maximum absolute atomic E-state index is 12.7. The fourth-order valence-electron chi connectivity index (χ4n) is 4.02. The summed E-state index contributed by atoms with van der Waals surface area (Å²) in [7, 11) is 0. The van der Waals surface area contributed by atoms with Crippen molar-refractivity contribution < 1.29 is 19.2 Å². The van der Waals surface area contributed by atoms with Crippen LogP contribution in [0.3, 0.4) is 0 Å². The lowest BCUT2D eigenvalue weighted by Crippen LogP contribution is -2.55. The third-order valence-electron chi connectivity index (χ3n) is 5.78. The summed E-state index contributed by atoms with van der Waals surface area (Å²) in [6, 6.07) is -0.680. The SMILES string of the molecule is O=C(O)[C@H]1CCN1C(=O)Cc1sc2c(c1-c1nc(C3CC3)no1)CCCC2. The van der Waals surface area contributed by atoms with E-state index in [1.165, 1.54) is 15.3 Å². The standard InChI is InChI=1S/C19H21N3O4S/c23-15(22-8-7-12(22)19(24)25)9-14-16(11-3-1-2-4-13(11)27-14)18-20-17(21-26-18)10-5-6-10/h10,12H,1-9H2,(H,24,25)/t12-/m1/s1. The predicted molar refractivity (Wildman–Crippen MR) is 97.7 cm³/mol. The van der Waals surface area contributed by atoms with Gasteiger partial charge in [-0.3, -0.25) is 4.79 Å². The molecule has 142 valence electrons. The Labute approximate surface area is 160 Å². The molecular weight excluding hydrogens is 366 g/mol. The summed E-state index contributed by atoms with van der Waals surface area (Å²) in [6.07, 6.45) is 7.23. The molecule has 1 amide bonds. The van der Waals surface area contributed by atoms with Crippen LogP contribution in [0.25, 0.3) is 11.5 Å². The zero-order valence-electron chi connectivity index (χ0n) is 14.9. The Bertz CT molecular complexity index is 914. The minimum Gasteiger partial charge on any atom is -0.480 e. The molecule has 8 heteroatoms. The average molecular weight is 387 g/mol. The highest BCUT2D eigenvalue weighted by Crippen LogP contribution is 2.43. The number of likely N-dealkylation sites (tertiary alicyclic amines) is 1. The largest absolute Gasteiger partial charge is 0.480 e. The van der Waals surface area contributed by atoms with Crippen LogP contribution in [-0.4, -0.2) is 44.6 Å². The Morgan fingerprint density at radius 1 is 1.22 bits per heavy atom. The van der Waals surface area contributed by atoms with E-state index in [9.17, 15) is 14.7 Å². The van der Waals surface area contributed by atoms with Gasteiger partial charge in [-0.05, 0) is 50.5 Å². The first-order valence-electron chi connectivity index (χ1n) is 9.61. The predicted octanol–water partition coefficient (Wildman–Crippen LogP) is 2.78. The number of nitrogens with zero attached hydrogens (tertiary/aromatic N) is 3. The third-order valence-corrected chi connectivity index (χ3v) is 7.07. The number of aliphatic carboxylic acids is 1. The molecule has 0 spiro atoms. The fourth-order valence-corrected chi connectivity index (χ4v) is 5.40. The van der Waals surface area contributed by atoms with E-state index in [4.69, 9.17) is 4.52 Å². The molecule has 2 aromatic heterocycles. The smallest absolute Gasteiger partial charge is 0.326 e. The molecule has 27 heavy (non-hydrogen) atoms. The Kier molecular flexibility index (Phi) is 4.03. The second-order valence-corrected chi connectivity index (χ2v) is 8.84. The van der Waals surface area contributed by atoms with Gasteiger partial charge in [0.25, 0.3) is 5.89 Å². The fraction of sp³-hybridized carbons (Fsp3) is 0.579. The van der Waals surface area contributed by atoms with Crippen molar-refractivity contribution >= 4 is 23.2 Å². The van der Waals surface area contributed by atoms with Gasteiger partial charge in [0.15, 0.2) is 5.82 Å². The number of amides is 1. The van der Waals surface area contributed by atoms with Crippen molar-refractivity contribution in [3.63, 3.8) is 0 Å². The van der Waals surface area contributed by atoms with Gasteiger partial charge in [0.1, 0.15) is 6.04 Å². The average Bonchev–Trinajstić information content (AvgIpc) is 3.22. The quantitative estimate of drug-likeness (QED) is 0.847. The molecule has 2 aromatic rings. The van der Waals surface area contributed by atoms with Crippen molar-refractivity contribution in [2.75, 3.05) is 6.54 Å². The summed E-state index contributed by atoms with van der Waals surface area (Å²) < 4.78 is 5.59. The van der Waals surface area contributed by atoms with Gasteiger partial charge in [0.05, 0.1) is 12.0 Å². The minimum atomic E-state index is -0.925. The number of hydrogen-bond acceptors (Lipinski definition) is 6. The molecule has 1 N–H and O–H groups in total. The number of carboxylic acids is 1. The van der Waals surface area contributed by atoms with Crippen LogP contribution in [0.1, 0.15) is 59.2 Å². The minimum absolute atomic E-state index is 0.129. The Morgan fingerprint density at radius 3 is 2.74 bits per heavy atom. The van der Waals surface area contributed by atoms with Gasteiger partial charge in [-0.2, -0.15) is 4.98 Å². The van der Waals surface area contributed by atoms with E-state index < -0.39 is 12.0 Å². The third kappa shape index (κ3) is 2.96. The summed E-state index contributed by atoms with van der Waals surface area (Å²) >= 11 is 1.66. The van der Waals surface area contributed by atoms with E-state index in [0.717, 1.165) is 54.8 Å². The Balaban J connectivity index is 1.47. The van der Waals surface area contributed by atoms with E-state index >= 15 is 0 Å². The maximum Gasteiger partial charge on any atom is 0.326 e. The summed E-state index contributed by atoms with van der Waals surface area (Å²) in [4.78, 5) is 32.3. The van der Waals surface area contributed by atoms with E-state index in [0.29, 0.717) is 24.8 Å². The van der Waals surface area contributed by atoms with E-state index in [1.807, 2.05) is 0 Å². The molecule has 1 atom stereocenters. The number of carbonyl (C=O) groups is 2. The summed E-state index contributed by atoms with van der Waals surface area (Å²) in [5.74, 6) is 0.658. The molecule has 0 unspecified atom stereocenters. The molecule has 2 aliphatic carbocycles. The van der Waals surface area contributed by atoms with Gasteiger partial charge in [-0.1, -0.05) is 5.16 Å². The van der Waals surface area contributed by atoms with Crippen molar-refractivity contribution in [1.29, 1.82) is 0 Å². The number of hydrogen-bond donors (Lipinski definition) is 1. The first-order valence-corrected chi connectivity index (χ1v) is 10.4. The molecule has 2 fully saturated rings. The van der Waals surface area contributed by atoms with Gasteiger partial charge < -0.3 is 14.5 Å². The normalized spacial score (nSPS) is 21.6. The molecule has 0 radical (unpaired) electrons. The highest BCUT2D eigenvalue weighted by Gasteiger charge is 2.38. The van der Waals surface area contributed by atoms with Crippen LogP contribution in [0.5, 0.6) is 0 Å². The maximum atomic E-state index is 12.7. The van der Waals surface area contributed by atoms with Gasteiger partial charge in [0.2, 0.25) is 5.91 Å². The Hall–Kier alpha value is -2.22. The molecule has 0 bridgehead atoms. The van der Waals surface area contributed by atoms with Gasteiger partial charge >= 0.3 is 5.97 Å². The van der Waals surface area contributed by atoms with Crippen LogP contribution in [0, 0.1) is 0 Å². The van der Waals surface area contributed by atoms with Crippen molar-refractivity contribution in [1.82, 2.24) is 15.0 Å². The second-order valence-electron chi connectivity index (χ2n) is 7.65. The molecule has 0 aromatic carbocycles. The number of rotatable bonds is 5. The first-order chi connectivity index (χ1) is 13.1. The van der Waals surface area contributed by atoms with Crippen molar-refractivity contribution in [2.24, 2.45) is 0 Å². The topological polar surface area (TPSA) is 96.5 Å². The first kappa shape index (κ1) is 16.9. The zero-order chi connectivity index (χ0) is 18.5. The van der Waals surface area contributed by atoms with Crippen molar-refractivity contribution in [2.45, 2.75) is 63.3 Å². The van der Waals surface area contributed by atoms with E-state index in [1.54, 1.807) is 11.3 Å². The number of carbonyl (C=O) groups excluding carboxylic acids is 1. The monoisotopic (exact) mass is 387 g/mol. The summed E-state index contributed by atoms with van der Waals surface area (Å²) in [5.41, 5.74) is 2.19. The number of thiophene rings is 1. The Morgan fingerprint density at radius 2 is 2.04 bits per heavy atom. The van der Waals surface area contributed by atoms with Crippen LogP contribution in [0.2, 0.25) is 0 Å². The molecule has 1 saturated heterocycles. The lowest BCUT2D eigenvalue weighted by Gasteiger charge is -2.37. The van der Waals surface area contributed by atoms with E-state index in [-0.39, 0.29) is 12.3 Å². The lowest BCUT2D eigenvalue weighted by molar-refractivity contribution is -0.156. The van der Waals surface area contributed by atoms with Crippen LogP contribution in [0.15, 0.2) is 4.52 Å². The van der Waals surface area contributed by atoms with Crippen molar-refractivity contribution in [3.05, 3.63) is 21.1 Å². The van der Waals surface area contributed by atoms with Crippen LogP contribution in [0.4, 0.5) is 0 Å². The van der Waals surface area contributed by atoms with Crippen LogP contribution < -0.4 is 0 Å².